The number of ether oxygens (including phenoxy) is 1. The summed E-state index contributed by atoms with van der Waals surface area (Å²) in [5, 5.41) is 3.38. The lowest BCUT2D eigenvalue weighted by molar-refractivity contribution is -0.132. The van der Waals surface area contributed by atoms with Crippen molar-refractivity contribution < 1.29 is 23.5 Å². The zero-order valence-corrected chi connectivity index (χ0v) is 20.0. The predicted octanol–water partition coefficient (Wildman–Crippen LogP) is 4.19. The smallest absolute Gasteiger partial charge is 0.341 e. The van der Waals surface area contributed by atoms with Crippen LogP contribution in [-0.4, -0.2) is 54.9 Å². The molecule has 2 rings (SSSR count). The van der Waals surface area contributed by atoms with E-state index in [1.54, 1.807) is 37.9 Å². The number of likely N-dealkylation sites (N-methyl/N-ethyl adjacent to an activating group) is 1. The normalized spacial score (nSPS) is 11.7. The second-order valence-electron chi connectivity index (χ2n) is 6.80. The highest BCUT2D eigenvalue weighted by Gasteiger charge is 2.26. The molecule has 0 radical (unpaired) electrons. The molecular weight excluding hydrogens is 463 g/mol. The van der Waals surface area contributed by atoms with Gasteiger partial charge in [0.1, 0.15) is 23.1 Å². The molecule has 0 aliphatic heterocycles. The average Bonchev–Trinajstić information content (AvgIpc) is 3.09. The number of esters is 1. The van der Waals surface area contributed by atoms with Gasteiger partial charge in [-0.25, -0.2) is 4.79 Å². The number of rotatable bonds is 9. The Balaban J connectivity index is 2.14. The lowest BCUT2D eigenvalue weighted by Gasteiger charge is -2.24. The summed E-state index contributed by atoms with van der Waals surface area (Å²) >= 11 is 13.6. The van der Waals surface area contributed by atoms with Gasteiger partial charge in [-0.2, -0.15) is 11.8 Å². The van der Waals surface area contributed by atoms with Crippen LogP contribution in [-0.2, 0) is 16.1 Å². The van der Waals surface area contributed by atoms with Gasteiger partial charge in [-0.3, -0.25) is 9.59 Å². The molecular formula is C21H24Cl2N2O5S. The Kier molecular flexibility index (Phi) is 9.28. The van der Waals surface area contributed by atoms with Crippen LogP contribution in [0.4, 0.5) is 0 Å². The summed E-state index contributed by atoms with van der Waals surface area (Å²) < 4.78 is 10.3. The number of methoxy groups -OCH3 is 1. The van der Waals surface area contributed by atoms with Crippen molar-refractivity contribution in [3.8, 4) is 0 Å². The molecule has 0 aliphatic rings. The van der Waals surface area contributed by atoms with E-state index in [9.17, 15) is 14.4 Å². The molecule has 1 unspecified atom stereocenters. The number of hydrogen-bond donors (Lipinski definition) is 1. The van der Waals surface area contributed by atoms with Crippen LogP contribution in [0.2, 0.25) is 10.0 Å². The minimum Gasteiger partial charge on any atom is -0.465 e. The molecule has 0 bridgehead atoms. The number of amides is 2. The maximum Gasteiger partial charge on any atom is 0.341 e. The molecule has 0 aliphatic carbocycles. The number of carbonyl (C=O) groups excluding carboxylic acids is 3. The van der Waals surface area contributed by atoms with Crippen LogP contribution in [0.25, 0.3) is 0 Å². The van der Waals surface area contributed by atoms with Crippen molar-refractivity contribution in [2.75, 3.05) is 26.2 Å². The zero-order chi connectivity index (χ0) is 23.1. The molecule has 31 heavy (non-hydrogen) atoms. The number of aryl methyl sites for hydroxylation is 1. The molecule has 1 aromatic heterocycles. The number of halogens is 2. The van der Waals surface area contributed by atoms with Gasteiger partial charge in [0.25, 0.3) is 5.91 Å². The largest absolute Gasteiger partial charge is 0.465 e. The minimum absolute atomic E-state index is 0.129. The lowest BCUT2D eigenvalue weighted by atomic mass is 10.1. The van der Waals surface area contributed by atoms with Gasteiger partial charge in [-0.05, 0) is 49.6 Å². The Bertz CT molecular complexity index is 963. The molecule has 1 aromatic carbocycles. The van der Waals surface area contributed by atoms with E-state index in [0.717, 1.165) is 0 Å². The first-order chi connectivity index (χ1) is 14.7. The van der Waals surface area contributed by atoms with Gasteiger partial charge in [0.15, 0.2) is 0 Å². The lowest BCUT2D eigenvalue weighted by Crippen LogP contribution is -2.47. The first-order valence-electron chi connectivity index (χ1n) is 9.35. The average molecular weight is 487 g/mol. The van der Waals surface area contributed by atoms with Crippen LogP contribution >= 0.6 is 35.0 Å². The number of furan rings is 1. The standard InChI is InChI=1S/C21H24Cl2N2O5S/c1-12-16(21(28)29-3)10-14(30-12)11-25(2)20(27)18(7-8-31-4)24-19(26)15-6-5-13(22)9-17(15)23/h5-6,9-10,18H,7-8,11H2,1-4H3,(H,24,26). The Morgan fingerprint density at radius 3 is 2.55 bits per heavy atom. The van der Waals surface area contributed by atoms with E-state index in [1.807, 2.05) is 6.26 Å². The first-order valence-corrected chi connectivity index (χ1v) is 11.5. The number of nitrogens with zero attached hydrogens (tertiary/aromatic N) is 1. The molecule has 0 saturated heterocycles. The van der Waals surface area contributed by atoms with Crippen LogP contribution in [0, 0.1) is 6.92 Å². The van der Waals surface area contributed by atoms with Gasteiger partial charge >= 0.3 is 5.97 Å². The summed E-state index contributed by atoms with van der Waals surface area (Å²) in [5.74, 6) is 0.256. The summed E-state index contributed by atoms with van der Waals surface area (Å²) in [6.45, 7) is 1.78. The van der Waals surface area contributed by atoms with E-state index < -0.39 is 17.9 Å². The maximum atomic E-state index is 13.1. The fraction of sp³-hybridized carbons (Fsp3) is 0.381. The quantitative estimate of drug-likeness (QED) is 0.534. The summed E-state index contributed by atoms with van der Waals surface area (Å²) in [6.07, 6.45) is 2.36. The molecule has 2 amide bonds. The molecule has 10 heteroatoms. The Morgan fingerprint density at radius 1 is 1.23 bits per heavy atom. The number of nitrogens with one attached hydrogen (secondary N) is 1. The van der Waals surface area contributed by atoms with Gasteiger partial charge in [0.05, 0.1) is 24.2 Å². The fourth-order valence-corrected chi connectivity index (χ4v) is 3.88. The van der Waals surface area contributed by atoms with Crippen molar-refractivity contribution in [1.82, 2.24) is 10.2 Å². The second-order valence-corrected chi connectivity index (χ2v) is 8.63. The van der Waals surface area contributed by atoms with Gasteiger partial charge in [0.2, 0.25) is 5.91 Å². The second kappa shape index (κ2) is 11.5. The van der Waals surface area contributed by atoms with E-state index in [-0.39, 0.29) is 23.0 Å². The third kappa shape index (κ3) is 6.66. The summed E-state index contributed by atoms with van der Waals surface area (Å²) in [4.78, 5) is 39.0. The van der Waals surface area contributed by atoms with E-state index in [4.69, 9.17) is 32.4 Å². The van der Waals surface area contributed by atoms with Crippen LogP contribution < -0.4 is 5.32 Å². The van der Waals surface area contributed by atoms with Crippen LogP contribution in [0.3, 0.4) is 0 Å². The third-order valence-corrected chi connectivity index (χ3v) is 5.72. The van der Waals surface area contributed by atoms with E-state index >= 15 is 0 Å². The fourth-order valence-electron chi connectivity index (χ4n) is 2.91. The molecule has 1 heterocycles. The SMILES string of the molecule is COC(=O)c1cc(CN(C)C(=O)C(CCSC)NC(=O)c2ccc(Cl)cc2Cl)oc1C. The number of benzene rings is 1. The van der Waals surface area contributed by atoms with Crippen molar-refractivity contribution >= 4 is 52.7 Å². The van der Waals surface area contributed by atoms with Crippen molar-refractivity contribution in [2.24, 2.45) is 0 Å². The van der Waals surface area contributed by atoms with Crippen LogP contribution in [0.15, 0.2) is 28.7 Å². The maximum absolute atomic E-state index is 13.1. The third-order valence-electron chi connectivity index (χ3n) is 4.53. The van der Waals surface area contributed by atoms with Gasteiger partial charge in [0, 0.05) is 12.1 Å². The first kappa shape index (κ1) is 25.1. The number of hydrogen-bond acceptors (Lipinski definition) is 6. The van der Waals surface area contributed by atoms with Gasteiger partial charge in [-0.1, -0.05) is 23.2 Å². The molecule has 0 spiro atoms. The molecule has 7 nitrogen and oxygen atoms in total. The summed E-state index contributed by atoms with van der Waals surface area (Å²) in [6, 6.07) is 5.34. The van der Waals surface area contributed by atoms with Gasteiger partial charge < -0.3 is 19.4 Å². The Hall–Kier alpha value is -2.16. The van der Waals surface area contributed by atoms with Crippen molar-refractivity contribution in [1.29, 1.82) is 0 Å². The molecule has 1 atom stereocenters. The van der Waals surface area contributed by atoms with Crippen LogP contribution in [0.5, 0.6) is 0 Å². The number of thioether (sulfide) groups is 1. The highest BCUT2D eigenvalue weighted by atomic mass is 35.5. The highest BCUT2D eigenvalue weighted by Crippen LogP contribution is 2.22. The molecule has 168 valence electrons. The Labute approximate surface area is 195 Å². The summed E-state index contributed by atoms with van der Waals surface area (Å²) in [5.41, 5.74) is 0.544. The topological polar surface area (TPSA) is 88.9 Å². The molecule has 2 aromatic rings. The monoisotopic (exact) mass is 486 g/mol. The van der Waals surface area contributed by atoms with Crippen LogP contribution in [0.1, 0.15) is 38.7 Å². The summed E-state index contributed by atoms with van der Waals surface area (Å²) in [7, 11) is 2.89. The van der Waals surface area contributed by atoms with E-state index in [1.165, 1.54) is 24.1 Å². The van der Waals surface area contributed by atoms with Crippen molar-refractivity contribution in [3.63, 3.8) is 0 Å². The van der Waals surface area contributed by atoms with Crippen molar-refractivity contribution in [2.45, 2.75) is 25.9 Å². The van der Waals surface area contributed by atoms with E-state index in [2.05, 4.69) is 5.32 Å². The Morgan fingerprint density at radius 2 is 1.94 bits per heavy atom. The zero-order valence-electron chi connectivity index (χ0n) is 17.7. The van der Waals surface area contributed by atoms with Crippen molar-refractivity contribution in [3.05, 3.63) is 57.0 Å². The predicted molar refractivity (Wildman–Crippen MR) is 122 cm³/mol. The van der Waals surface area contributed by atoms with Gasteiger partial charge in [-0.15, -0.1) is 0 Å². The molecule has 0 fully saturated rings. The minimum atomic E-state index is -0.757. The number of carbonyl (C=O) groups is 3. The van der Waals surface area contributed by atoms with E-state index in [0.29, 0.717) is 34.3 Å². The highest BCUT2D eigenvalue weighted by molar-refractivity contribution is 7.98. The molecule has 0 saturated carbocycles. The molecule has 1 N–H and O–H groups in total.